The number of likely N-dealkylation sites (N-methyl/N-ethyl adjacent to an activating group) is 1. The number of amidine groups is 1. The number of aromatic amines is 1. The topological polar surface area (TPSA) is 93.6 Å². The van der Waals surface area contributed by atoms with E-state index in [0.717, 1.165) is 28.7 Å². The van der Waals surface area contributed by atoms with Gasteiger partial charge in [0.05, 0.1) is 28.8 Å². The van der Waals surface area contributed by atoms with Gasteiger partial charge in [0.2, 0.25) is 0 Å². The van der Waals surface area contributed by atoms with E-state index in [-0.39, 0.29) is 40.6 Å². The number of hydrogen-bond donors (Lipinski definition) is 3. The first-order valence-electron chi connectivity index (χ1n) is 11.5. The Morgan fingerprint density at radius 2 is 2.08 bits per heavy atom. The molecule has 2 atom stereocenters. The third-order valence-electron chi connectivity index (χ3n) is 6.66. The molecule has 1 saturated heterocycles. The lowest BCUT2D eigenvalue weighted by atomic mass is 9.93. The fraction of sp³-hybridized carbons (Fsp3) is 0.320. The highest BCUT2D eigenvalue weighted by molar-refractivity contribution is 8.18. The predicted molar refractivity (Wildman–Crippen MR) is 138 cm³/mol. The minimum atomic E-state index is -4.61. The number of nitrogens with one attached hydrogen (secondary N) is 2. The second-order valence-corrected chi connectivity index (χ2v) is 10.5. The molecule has 5 rings (SSSR count). The first kappa shape index (κ1) is 25.8. The van der Waals surface area contributed by atoms with Crippen LogP contribution in [-0.2, 0) is 17.4 Å². The number of thioether (sulfide) groups is 1. The van der Waals surface area contributed by atoms with Crippen molar-refractivity contribution < 1.29 is 23.1 Å². The van der Waals surface area contributed by atoms with Crippen molar-refractivity contribution in [3.05, 3.63) is 69.2 Å². The number of aromatic nitrogens is 2. The maximum absolute atomic E-state index is 13.9. The molecule has 1 aromatic heterocycles. The number of benzene rings is 2. The van der Waals surface area contributed by atoms with Crippen LogP contribution in [0.1, 0.15) is 23.1 Å². The summed E-state index contributed by atoms with van der Waals surface area (Å²) in [6.07, 6.45) is -2.45. The van der Waals surface area contributed by atoms with Crippen molar-refractivity contribution in [2.75, 3.05) is 20.2 Å². The van der Waals surface area contributed by atoms with E-state index in [1.54, 1.807) is 24.4 Å². The molecule has 3 heterocycles. The standard InChI is InChI=1S/C25H23ClF3N5O2S/c1-34(18-9-17(12-35)30-11-18)24-32-23(36)22(37-24)19(13-3-5-21-15(6-13)10-31-33-21)7-14-2-4-16(26)8-20(14)25(27,28)29/h2-6,8,10,17-18,30,35H,7,9,11-12H2,1H3,(H,31,33). The van der Waals surface area contributed by atoms with Gasteiger partial charge in [-0.2, -0.15) is 23.3 Å². The van der Waals surface area contributed by atoms with E-state index >= 15 is 0 Å². The maximum Gasteiger partial charge on any atom is 0.416 e. The molecular formula is C25H23ClF3N5O2S. The molecule has 37 heavy (non-hydrogen) atoms. The predicted octanol–water partition coefficient (Wildman–Crippen LogP) is 4.47. The molecule has 0 bridgehead atoms. The number of aliphatic imine (C=N–C) groups is 1. The fourth-order valence-electron chi connectivity index (χ4n) is 4.63. The second kappa shape index (κ2) is 10.1. The maximum atomic E-state index is 13.9. The molecular weight excluding hydrogens is 527 g/mol. The van der Waals surface area contributed by atoms with Gasteiger partial charge in [-0.15, -0.1) is 0 Å². The zero-order chi connectivity index (χ0) is 26.3. The number of carbonyl (C=O) groups excluding carboxylic acids is 1. The van der Waals surface area contributed by atoms with Crippen LogP contribution in [-0.4, -0.2) is 63.6 Å². The number of nitrogens with zero attached hydrogens (tertiary/aromatic N) is 3. The molecule has 2 aliphatic rings. The number of rotatable bonds is 5. The Labute approximate surface area is 219 Å². The van der Waals surface area contributed by atoms with Crippen molar-refractivity contribution >= 4 is 50.9 Å². The van der Waals surface area contributed by atoms with Crippen molar-refractivity contribution in [1.82, 2.24) is 20.4 Å². The smallest absolute Gasteiger partial charge is 0.395 e. The Morgan fingerprint density at radius 3 is 2.81 bits per heavy atom. The minimum Gasteiger partial charge on any atom is -0.395 e. The van der Waals surface area contributed by atoms with Crippen LogP contribution >= 0.6 is 23.4 Å². The van der Waals surface area contributed by atoms with Crippen LogP contribution in [0.4, 0.5) is 13.2 Å². The number of fused-ring (bicyclic) bond motifs is 1. The number of aliphatic hydroxyl groups excluding tert-OH is 1. The van der Waals surface area contributed by atoms with Crippen molar-refractivity contribution in [3.63, 3.8) is 0 Å². The summed E-state index contributed by atoms with van der Waals surface area (Å²) < 4.78 is 41.7. The summed E-state index contributed by atoms with van der Waals surface area (Å²) >= 11 is 7.04. The van der Waals surface area contributed by atoms with E-state index in [2.05, 4.69) is 20.5 Å². The number of aliphatic hydroxyl groups is 1. The summed E-state index contributed by atoms with van der Waals surface area (Å²) in [4.78, 5) is 19.6. The van der Waals surface area contributed by atoms with E-state index in [1.807, 2.05) is 11.9 Å². The van der Waals surface area contributed by atoms with Gasteiger partial charge in [-0.1, -0.05) is 23.7 Å². The highest BCUT2D eigenvalue weighted by Crippen LogP contribution is 2.41. The van der Waals surface area contributed by atoms with Gasteiger partial charge < -0.3 is 15.3 Å². The van der Waals surface area contributed by atoms with Crippen molar-refractivity contribution in [2.45, 2.75) is 31.1 Å². The van der Waals surface area contributed by atoms with Gasteiger partial charge in [0.1, 0.15) is 0 Å². The molecule has 0 saturated carbocycles. The largest absolute Gasteiger partial charge is 0.416 e. The molecule has 0 aliphatic carbocycles. The van der Waals surface area contributed by atoms with Crippen LogP contribution in [0.25, 0.3) is 16.5 Å². The zero-order valence-corrected chi connectivity index (χ0v) is 21.2. The number of halogens is 4. The Bertz CT molecular complexity index is 1420. The van der Waals surface area contributed by atoms with Crippen LogP contribution in [0.15, 0.2) is 52.5 Å². The Hall–Kier alpha value is -2.86. The lowest BCUT2D eigenvalue weighted by Gasteiger charge is -2.25. The summed E-state index contributed by atoms with van der Waals surface area (Å²) in [6.45, 7) is 0.635. The fourth-order valence-corrected chi connectivity index (χ4v) is 5.85. The van der Waals surface area contributed by atoms with Crippen LogP contribution in [0.3, 0.4) is 0 Å². The van der Waals surface area contributed by atoms with E-state index in [9.17, 15) is 23.1 Å². The molecule has 3 N–H and O–H groups in total. The van der Waals surface area contributed by atoms with Gasteiger partial charge >= 0.3 is 6.18 Å². The Kier molecular flexibility index (Phi) is 7.06. The molecule has 3 aromatic rings. The van der Waals surface area contributed by atoms with Gasteiger partial charge in [0.15, 0.2) is 5.17 Å². The molecule has 1 amide bonds. The lowest BCUT2D eigenvalue weighted by molar-refractivity contribution is -0.138. The normalized spacial score (nSPS) is 21.6. The van der Waals surface area contributed by atoms with E-state index in [1.165, 1.54) is 12.1 Å². The highest BCUT2D eigenvalue weighted by atomic mass is 35.5. The Morgan fingerprint density at radius 1 is 1.27 bits per heavy atom. The molecule has 2 aliphatic heterocycles. The van der Waals surface area contributed by atoms with Crippen molar-refractivity contribution in [2.24, 2.45) is 4.99 Å². The van der Waals surface area contributed by atoms with Gasteiger partial charge in [-0.3, -0.25) is 9.89 Å². The van der Waals surface area contributed by atoms with Crippen LogP contribution < -0.4 is 5.32 Å². The first-order valence-corrected chi connectivity index (χ1v) is 12.7. The summed E-state index contributed by atoms with van der Waals surface area (Å²) in [5.41, 5.74) is 0.978. The second-order valence-electron chi connectivity index (χ2n) is 9.05. The van der Waals surface area contributed by atoms with Gasteiger partial charge in [-0.05, 0) is 65.6 Å². The van der Waals surface area contributed by atoms with E-state index in [0.29, 0.717) is 29.3 Å². The van der Waals surface area contributed by atoms with Gasteiger partial charge in [0, 0.05) is 36.1 Å². The lowest BCUT2D eigenvalue weighted by Crippen LogP contribution is -2.36. The summed E-state index contributed by atoms with van der Waals surface area (Å²) in [5, 5.41) is 20.8. The molecule has 2 aromatic carbocycles. The highest BCUT2D eigenvalue weighted by Gasteiger charge is 2.36. The average molecular weight is 550 g/mol. The monoisotopic (exact) mass is 549 g/mol. The zero-order valence-electron chi connectivity index (χ0n) is 19.6. The quantitative estimate of drug-likeness (QED) is 0.407. The van der Waals surface area contributed by atoms with Crippen molar-refractivity contribution in [1.29, 1.82) is 0 Å². The SMILES string of the molecule is CN(C1=NC(=O)C(=C(Cc2ccc(Cl)cc2C(F)(F)F)c2ccc3[nH]ncc3c2)S1)C1CNC(CO)C1. The first-order chi connectivity index (χ1) is 17.6. The third kappa shape index (κ3) is 5.26. The van der Waals surface area contributed by atoms with E-state index in [4.69, 9.17) is 11.6 Å². The molecule has 12 heteroatoms. The Balaban J connectivity index is 1.55. The third-order valence-corrected chi connectivity index (χ3v) is 8.08. The van der Waals surface area contributed by atoms with Crippen LogP contribution in [0.2, 0.25) is 5.02 Å². The summed E-state index contributed by atoms with van der Waals surface area (Å²) in [7, 11) is 1.83. The van der Waals surface area contributed by atoms with Crippen LogP contribution in [0, 0.1) is 0 Å². The van der Waals surface area contributed by atoms with Crippen molar-refractivity contribution in [3.8, 4) is 0 Å². The summed E-state index contributed by atoms with van der Waals surface area (Å²) in [5.74, 6) is -0.499. The summed E-state index contributed by atoms with van der Waals surface area (Å²) in [6, 6.07) is 8.99. The van der Waals surface area contributed by atoms with Crippen LogP contribution in [0.5, 0.6) is 0 Å². The average Bonchev–Trinajstić information content (AvgIpc) is 3.61. The number of H-pyrrole nitrogens is 1. The molecule has 194 valence electrons. The van der Waals surface area contributed by atoms with Gasteiger partial charge in [-0.25, -0.2) is 0 Å². The number of alkyl halides is 3. The number of allylic oxidation sites excluding steroid dienone is 1. The molecule has 0 spiro atoms. The number of carbonyl (C=O) groups is 1. The van der Waals surface area contributed by atoms with Gasteiger partial charge in [0.25, 0.3) is 5.91 Å². The molecule has 0 radical (unpaired) electrons. The molecule has 7 nitrogen and oxygen atoms in total. The molecule has 2 unspecified atom stereocenters. The minimum absolute atomic E-state index is 0.00711. The number of amides is 1. The van der Waals surface area contributed by atoms with E-state index < -0.39 is 17.6 Å². The molecule has 1 fully saturated rings. The number of hydrogen-bond acceptors (Lipinski definition) is 6.